The van der Waals surface area contributed by atoms with Crippen LogP contribution in [-0.2, 0) is 14.5 Å². The van der Waals surface area contributed by atoms with E-state index in [1.54, 1.807) is 24.3 Å². The second-order valence-corrected chi connectivity index (χ2v) is 4.63. The molecule has 0 heterocycles. The van der Waals surface area contributed by atoms with E-state index in [2.05, 4.69) is 9.32 Å². The van der Waals surface area contributed by atoms with Crippen LogP contribution in [0.1, 0.15) is 6.42 Å². The summed E-state index contributed by atoms with van der Waals surface area (Å²) in [5.41, 5.74) is 0. The summed E-state index contributed by atoms with van der Waals surface area (Å²) in [5, 5.41) is 5.27. The topological polar surface area (TPSA) is 78.6 Å². The van der Waals surface area contributed by atoms with E-state index in [-0.39, 0.29) is 6.61 Å². The summed E-state index contributed by atoms with van der Waals surface area (Å²) < 4.78 is 30.4. The van der Waals surface area contributed by atoms with Crippen LogP contribution in [0.4, 0.5) is 0 Å². The summed E-state index contributed by atoms with van der Waals surface area (Å²) in [6.07, 6.45) is 0.430. The maximum Gasteiger partial charge on any atom is 0.333 e. The van der Waals surface area contributed by atoms with Gasteiger partial charge in [0.2, 0.25) is 0 Å². The van der Waals surface area contributed by atoms with Crippen molar-refractivity contribution < 1.29 is 17.3 Å². The molecule has 0 aliphatic rings. The fourth-order valence-corrected chi connectivity index (χ4v) is 1.43. The summed E-state index contributed by atoms with van der Waals surface area (Å²) in [6, 6.07) is 6.86. The Hall–Kier alpha value is -0.820. The molecule has 0 atom stereocenters. The fraction of sp³-hybridized carbons (Fsp3) is 0.333. The predicted molar refractivity (Wildman–Crippen MR) is 60.6 cm³/mol. The quantitative estimate of drug-likeness (QED) is 0.787. The van der Waals surface area contributed by atoms with Gasteiger partial charge in [0, 0.05) is 11.4 Å². The van der Waals surface area contributed by atoms with Gasteiger partial charge in [0.1, 0.15) is 5.75 Å². The Balaban J connectivity index is 2.19. The number of ether oxygens (including phenoxy) is 1. The van der Waals surface area contributed by atoms with Crippen molar-refractivity contribution in [1.29, 1.82) is 0 Å². The standard InChI is InChI=1S/C9H12ClNO4S/c10-8-2-4-9(5-3-8)14-6-1-7-15-16(11,12)13/h2-5H,1,6-7H2,(H2,11,12,13). The summed E-state index contributed by atoms with van der Waals surface area (Å²) in [5.74, 6) is 0.667. The molecule has 0 aromatic heterocycles. The molecule has 1 aromatic rings. The van der Waals surface area contributed by atoms with Crippen molar-refractivity contribution in [3.05, 3.63) is 29.3 Å². The van der Waals surface area contributed by atoms with E-state index in [0.717, 1.165) is 0 Å². The van der Waals surface area contributed by atoms with Gasteiger partial charge in [-0.15, -0.1) is 0 Å². The monoisotopic (exact) mass is 265 g/mol. The summed E-state index contributed by atoms with van der Waals surface area (Å²) in [7, 11) is -3.85. The molecule has 0 bridgehead atoms. The third-order valence-electron chi connectivity index (χ3n) is 1.62. The Morgan fingerprint density at radius 1 is 1.19 bits per heavy atom. The van der Waals surface area contributed by atoms with Gasteiger partial charge in [-0.1, -0.05) is 11.6 Å². The van der Waals surface area contributed by atoms with E-state index < -0.39 is 10.3 Å². The van der Waals surface area contributed by atoms with Gasteiger partial charge in [0.15, 0.2) is 0 Å². The first-order valence-electron chi connectivity index (χ1n) is 4.53. The number of rotatable bonds is 6. The van der Waals surface area contributed by atoms with Gasteiger partial charge in [-0.2, -0.15) is 8.42 Å². The van der Waals surface area contributed by atoms with Gasteiger partial charge >= 0.3 is 10.3 Å². The van der Waals surface area contributed by atoms with Crippen molar-refractivity contribution in [2.45, 2.75) is 6.42 Å². The number of nitrogens with two attached hydrogens (primary N) is 1. The molecule has 7 heteroatoms. The van der Waals surface area contributed by atoms with Crippen LogP contribution in [0.5, 0.6) is 5.75 Å². The molecule has 0 radical (unpaired) electrons. The van der Waals surface area contributed by atoms with E-state index in [4.69, 9.17) is 16.3 Å². The Labute approximate surface area is 99.4 Å². The average Bonchev–Trinajstić information content (AvgIpc) is 2.19. The Morgan fingerprint density at radius 2 is 1.81 bits per heavy atom. The molecular weight excluding hydrogens is 254 g/mol. The molecular formula is C9H12ClNO4S. The van der Waals surface area contributed by atoms with Crippen LogP contribution in [-0.4, -0.2) is 21.6 Å². The van der Waals surface area contributed by atoms with E-state index in [9.17, 15) is 8.42 Å². The van der Waals surface area contributed by atoms with Crippen LogP contribution >= 0.6 is 11.6 Å². The van der Waals surface area contributed by atoms with Crippen molar-refractivity contribution in [2.75, 3.05) is 13.2 Å². The van der Waals surface area contributed by atoms with Crippen LogP contribution < -0.4 is 9.88 Å². The van der Waals surface area contributed by atoms with Crippen molar-refractivity contribution in [3.8, 4) is 5.75 Å². The number of hydrogen-bond donors (Lipinski definition) is 1. The molecule has 0 spiro atoms. The zero-order valence-corrected chi connectivity index (χ0v) is 10.00. The Kier molecular flexibility index (Phi) is 5.01. The zero-order valence-electron chi connectivity index (χ0n) is 8.43. The van der Waals surface area contributed by atoms with Crippen molar-refractivity contribution in [3.63, 3.8) is 0 Å². The zero-order chi connectivity index (χ0) is 12.0. The molecule has 0 unspecified atom stereocenters. The lowest BCUT2D eigenvalue weighted by Crippen LogP contribution is -2.17. The molecule has 2 N–H and O–H groups in total. The lowest BCUT2D eigenvalue weighted by atomic mass is 10.3. The first-order chi connectivity index (χ1) is 7.47. The van der Waals surface area contributed by atoms with Crippen LogP contribution in [0.25, 0.3) is 0 Å². The maximum absolute atomic E-state index is 10.4. The van der Waals surface area contributed by atoms with Gasteiger partial charge in [0.05, 0.1) is 13.2 Å². The largest absolute Gasteiger partial charge is 0.494 e. The average molecular weight is 266 g/mol. The molecule has 0 fully saturated rings. The van der Waals surface area contributed by atoms with Gasteiger partial charge in [-0.25, -0.2) is 5.14 Å². The summed E-state index contributed by atoms with van der Waals surface area (Å²) in [4.78, 5) is 0. The van der Waals surface area contributed by atoms with Crippen LogP contribution in [0.15, 0.2) is 24.3 Å². The highest BCUT2D eigenvalue weighted by Gasteiger charge is 2.01. The number of halogens is 1. The number of benzene rings is 1. The van der Waals surface area contributed by atoms with E-state index in [0.29, 0.717) is 23.8 Å². The van der Waals surface area contributed by atoms with Crippen molar-refractivity contribution in [1.82, 2.24) is 0 Å². The molecule has 90 valence electrons. The van der Waals surface area contributed by atoms with E-state index in [1.165, 1.54) is 0 Å². The first-order valence-corrected chi connectivity index (χ1v) is 6.38. The number of hydrogen-bond acceptors (Lipinski definition) is 4. The second-order valence-electron chi connectivity index (χ2n) is 2.97. The second kappa shape index (κ2) is 6.05. The summed E-state index contributed by atoms with van der Waals surface area (Å²) in [6.45, 7) is 0.351. The van der Waals surface area contributed by atoms with Crippen LogP contribution in [0, 0.1) is 0 Å². The lowest BCUT2D eigenvalue weighted by Gasteiger charge is -2.05. The van der Waals surface area contributed by atoms with E-state index >= 15 is 0 Å². The minimum Gasteiger partial charge on any atom is -0.494 e. The lowest BCUT2D eigenvalue weighted by molar-refractivity contribution is 0.251. The highest BCUT2D eigenvalue weighted by atomic mass is 35.5. The molecule has 16 heavy (non-hydrogen) atoms. The minimum absolute atomic E-state index is 0.00637. The van der Waals surface area contributed by atoms with Gasteiger partial charge in [-0.3, -0.25) is 4.18 Å². The van der Waals surface area contributed by atoms with Crippen molar-refractivity contribution >= 4 is 21.9 Å². The van der Waals surface area contributed by atoms with Crippen LogP contribution in [0.2, 0.25) is 5.02 Å². The van der Waals surface area contributed by atoms with Crippen molar-refractivity contribution in [2.24, 2.45) is 5.14 Å². The molecule has 5 nitrogen and oxygen atoms in total. The van der Waals surface area contributed by atoms with Crippen LogP contribution in [0.3, 0.4) is 0 Å². The maximum atomic E-state index is 10.4. The van der Waals surface area contributed by atoms with Gasteiger partial charge in [0.25, 0.3) is 0 Å². The van der Waals surface area contributed by atoms with Gasteiger partial charge < -0.3 is 4.74 Å². The molecule has 1 rings (SSSR count). The molecule has 0 saturated carbocycles. The Morgan fingerprint density at radius 3 is 2.38 bits per heavy atom. The third-order valence-corrected chi connectivity index (χ3v) is 2.37. The predicted octanol–water partition coefficient (Wildman–Crippen LogP) is 1.33. The Bertz CT molecular complexity index is 418. The smallest absolute Gasteiger partial charge is 0.333 e. The molecule has 0 aliphatic heterocycles. The normalized spacial score (nSPS) is 11.4. The minimum atomic E-state index is -3.85. The fourth-order valence-electron chi connectivity index (χ4n) is 0.955. The molecule has 0 amide bonds. The first kappa shape index (κ1) is 13.2. The summed E-state index contributed by atoms with van der Waals surface area (Å²) >= 11 is 5.69. The highest BCUT2D eigenvalue weighted by Crippen LogP contribution is 2.15. The van der Waals surface area contributed by atoms with E-state index in [1.807, 2.05) is 0 Å². The van der Waals surface area contributed by atoms with Gasteiger partial charge in [-0.05, 0) is 24.3 Å². The molecule has 0 saturated heterocycles. The molecule has 0 aliphatic carbocycles. The third kappa shape index (κ3) is 5.92. The molecule has 1 aromatic carbocycles. The SMILES string of the molecule is NS(=O)(=O)OCCCOc1ccc(Cl)cc1. The highest BCUT2D eigenvalue weighted by molar-refractivity contribution is 7.84.